The first kappa shape index (κ1) is 34.7. The molecule has 7 aromatic rings. The number of hydrogen-bond acceptors (Lipinski definition) is 3. The van der Waals surface area contributed by atoms with Gasteiger partial charge in [0.1, 0.15) is 12.0 Å². The van der Waals surface area contributed by atoms with E-state index < -0.39 is 5.41 Å². The van der Waals surface area contributed by atoms with Crippen molar-refractivity contribution >= 4 is 11.7 Å². The van der Waals surface area contributed by atoms with Crippen LogP contribution < -0.4 is 5.32 Å². The molecule has 0 aromatic heterocycles. The number of rotatable bonds is 5. The van der Waals surface area contributed by atoms with Gasteiger partial charge in [0.25, 0.3) is 0 Å². The van der Waals surface area contributed by atoms with Crippen molar-refractivity contribution in [3.63, 3.8) is 0 Å². The second-order valence-electron chi connectivity index (χ2n) is 16.8. The van der Waals surface area contributed by atoms with E-state index in [2.05, 4.69) is 201 Å². The molecule has 3 heteroatoms. The number of hydrogen-bond donors (Lipinski definition) is 1. The Morgan fingerprint density at radius 2 is 1.10 bits per heavy atom. The van der Waals surface area contributed by atoms with Crippen LogP contribution in [0.1, 0.15) is 77.6 Å². The maximum absolute atomic E-state index is 5.54. The first-order valence-electron chi connectivity index (χ1n) is 20.8. The summed E-state index contributed by atoms with van der Waals surface area (Å²) in [5, 5.41) is 3.78. The molecule has 1 N–H and O–H groups in total. The molecule has 3 aliphatic carbocycles. The highest BCUT2D eigenvalue weighted by atomic mass is 15.2. The SMILES string of the molecule is CC1(C)c2ccccc2C2(c3ccc(-c4cccc(-c5ccccc5)c4)cc3-c3c(C4=N[C@H](C5C=CCCC5)NC(c5ccccc5)=N4)cccc32)c2ccccc21. The Morgan fingerprint density at radius 3 is 1.79 bits per heavy atom. The van der Waals surface area contributed by atoms with Crippen LogP contribution in [0.3, 0.4) is 0 Å². The monoisotopic (exact) mass is 747 g/mol. The van der Waals surface area contributed by atoms with Crippen molar-refractivity contribution < 1.29 is 0 Å². The lowest BCUT2D eigenvalue weighted by Crippen LogP contribution is -2.43. The van der Waals surface area contributed by atoms with E-state index in [0.717, 1.165) is 35.6 Å². The summed E-state index contributed by atoms with van der Waals surface area (Å²) in [6.45, 7) is 4.77. The number of benzene rings is 7. The van der Waals surface area contributed by atoms with Gasteiger partial charge in [-0.25, -0.2) is 9.98 Å². The van der Waals surface area contributed by atoms with Gasteiger partial charge in [0.15, 0.2) is 5.84 Å². The zero-order chi connectivity index (χ0) is 38.8. The largest absolute Gasteiger partial charge is 0.347 e. The Labute approximate surface area is 341 Å². The van der Waals surface area contributed by atoms with Crippen LogP contribution in [0.4, 0.5) is 0 Å². The average molecular weight is 748 g/mol. The first-order chi connectivity index (χ1) is 28.5. The number of nitrogens with one attached hydrogen (secondary N) is 1. The van der Waals surface area contributed by atoms with E-state index in [0.29, 0.717) is 0 Å². The topological polar surface area (TPSA) is 36.8 Å². The van der Waals surface area contributed by atoms with Crippen LogP contribution in [-0.4, -0.2) is 17.8 Å². The van der Waals surface area contributed by atoms with Gasteiger partial charge in [-0.05, 0) is 98.2 Å². The highest BCUT2D eigenvalue weighted by Gasteiger charge is 2.54. The summed E-state index contributed by atoms with van der Waals surface area (Å²) in [5.74, 6) is 1.95. The molecular weight excluding hydrogens is 703 g/mol. The molecule has 1 unspecified atom stereocenters. The molecular formula is C55H45N3. The van der Waals surface area contributed by atoms with Gasteiger partial charge in [0, 0.05) is 22.5 Å². The van der Waals surface area contributed by atoms with Crippen molar-refractivity contribution in [3.05, 3.63) is 227 Å². The Morgan fingerprint density at radius 1 is 0.517 bits per heavy atom. The number of fused-ring (bicyclic) bond motifs is 9. The lowest BCUT2D eigenvalue weighted by molar-refractivity contribution is 0.424. The molecule has 1 spiro atoms. The highest BCUT2D eigenvalue weighted by molar-refractivity contribution is 6.16. The summed E-state index contributed by atoms with van der Waals surface area (Å²) in [7, 11) is 0. The minimum absolute atomic E-state index is 0.117. The van der Waals surface area contributed by atoms with Crippen molar-refractivity contribution in [2.24, 2.45) is 15.9 Å². The first-order valence-corrected chi connectivity index (χ1v) is 20.8. The summed E-state index contributed by atoms with van der Waals surface area (Å²) in [5.41, 5.74) is 16.7. The van der Waals surface area contributed by atoms with Crippen molar-refractivity contribution in [1.29, 1.82) is 0 Å². The second kappa shape index (κ2) is 13.5. The van der Waals surface area contributed by atoms with Crippen LogP contribution in [0, 0.1) is 5.92 Å². The molecule has 0 saturated heterocycles. The van der Waals surface area contributed by atoms with E-state index in [1.54, 1.807) is 0 Å². The minimum Gasteiger partial charge on any atom is -0.347 e. The lowest BCUT2D eigenvalue weighted by atomic mass is 9.55. The number of nitrogens with zero attached hydrogens (tertiary/aromatic N) is 2. The molecule has 3 nitrogen and oxygen atoms in total. The fraction of sp³-hybridized carbons (Fsp3) is 0.164. The second-order valence-corrected chi connectivity index (χ2v) is 16.8. The van der Waals surface area contributed by atoms with Gasteiger partial charge in [0.2, 0.25) is 0 Å². The van der Waals surface area contributed by atoms with E-state index in [9.17, 15) is 0 Å². The van der Waals surface area contributed by atoms with Crippen molar-refractivity contribution in [3.8, 4) is 33.4 Å². The van der Waals surface area contributed by atoms with Crippen LogP contribution in [-0.2, 0) is 10.8 Å². The van der Waals surface area contributed by atoms with Crippen molar-refractivity contribution in [2.45, 2.75) is 50.1 Å². The summed E-state index contributed by atoms with van der Waals surface area (Å²) in [6, 6.07) is 62.7. The zero-order valence-electron chi connectivity index (χ0n) is 33.0. The number of amidine groups is 2. The Bertz CT molecular complexity index is 2780. The molecule has 58 heavy (non-hydrogen) atoms. The van der Waals surface area contributed by atoms with Gasteiger partial charge in [0.05, 0.1) is 5.41 Å². The third kappa shape index (κ3) is 5.26. The van der Waals surface area contributed by atoms with Crippen LogP contribution in [0.15, 0.2) is 192 Å². The zero-order valence-corrected chi connectivity index (χ0v) is 33.0. The summed E-state index contributed by atoms with van der Waals surface area (Å²) >= 11 is 0. The molecule has 11 rings (SSSR count). The van der Waals surface area contributed by atoms with E-state index in [1.165, 1.54) is 73.2 Å². The van der Waals surface area contributed by atoms with Gasteiger partial charge in [-0.15, -0.1) is 0 Å². The smallest absolute Gasteiger partial charge is 0.159 e. The molecule has 2 atom stereocenters. The van der Waals surface area contributed by atoms with Gasteiger partial charge in [-0.2, -0.15) is 0 Å². The molecule has 0 radical (unpaired) electrons. The third-order valence-electron chi connectivity index (χ3n) is 13.2. The molecule has 0 amide bonds. The molecule has 280 valence electrons. The van der Waals surface area contributed by atoms with Crippen molar-refractivity contribution in [1.82, 2.24) is 5.32 Å². The lowest BCUT2D eigenvalue weighted by Gasteiger charge is -2.46. The summed E-state index contributed by atoms with van der Waals surface area (Å²) in [4.78, 5) is 11.0. The quantitative estimate of drug-likeness (QED) is 0.175. The molecule has 1 heterocycles. The Hall–Kier alpha value is -6.58. The molecule has 0 saturated carbocycles. The normalized spacial score (nSPS) is 19.2. The maximum Gasteiger partial charge on any atom is 0.159 e. The van der Waals surface area contributed by atoms with Gasteiger partial charge >= 0.3 is 0 Å². The predicted molar refractivity (Wildman–Crippen MR) is 240 cm³/mol. The molecule has 7 aromatic carbocycles. The standard InChI is InChI=1S/C55H45N3/c1-54(2)45-27-12-14-29-47(45)55(48-30-15-13-28-46(48)54)44-33-32-41(40-25-16-24-39(34-40)36-18-6-3-7-19-36)35-43(44)50-42(26-17-31-49(50)55)53-57-51(37-20-8-4-9-21-37)56-52(58-53)38-22-10-5-11-23-38/h3-4,6-10,12-22,24-35,38,52H,5,11,23H2,1-2H3,(H,56,57,58)/t38?,52-/m1/s1. The fourth-order valence-electron chi connectivity index (χ4n) is 10.5. The minimum atomic E-state index is -0.529. The van der Waals surface area contributed by atoms with Crippen LogP contribution >= 0.6 is 0 Å². The fourth-order valence-corrected chi connectivity index (χ4v) is 10.5. The van der Waals surface area contributed by atoms with Gasteiger partial charge < -0.3 is 5.32 Å². The summed E-state index contributed by atoms with van der Waals surface area (Å²) in [6.07, 6.45) is 7.97. The highest BCUT2D eigenvalue weighted by Crippen LogP contribution is 2.63. The molecule has 4 aliphatic rings. The van der Waals surface area contributed by atoms with Gasteiger partial charge in [-0.3, -0.25) is 0 Å². The van der Waals surface area contributed by atoms with Crippen LogP contribution in [0.25, 0.3) is 33.4 Å². The molecule has 0 fully saturated rings. The van der Waals surface area contributed by atoms with Crippen molar-refractivity contribution in [2.75, 3.05) is 0 Å². The van der Waals surface area contributed by atoms with E-state index >= 15 is 0 Å². The van der Waals surface area contributed by atoms with Crippen LogP contribution in [0.5, 0.6) is 0 Å². The maximum atomic E-state index is 5.54. The predicted octanol–water partition coefficient (Wildman–Crippen LogP) is 12.5. The molecule has 0 bridgehead atoms. The number of aliphatic imine (C=N–C) groups is 2. The molecule has 1 aliphatic heterocycles. The van der Waals surface area contributed by atoms with Gasteiger partial charge in [-0.1, -0.05) is 184 Å². The Balaban J connectivity index is 1.20. The van der Waals surface area contributed by atoms with Crippen LogP contribution in [0.2, 0.25) is 0 Å². The van der Waals surface area contributed by atoms with E-state index in [-0.39, 0.29) is 17.5 Å². The van der Waals surface area contributed by atoms with E-state index in [1.807, 2.05) is 0 Å². The third-order valence-corrected chi connectivity index (χ3v) is 13.2. The average Bonchev–Trinajstić information content (AvgIpc) is 3.59. The summed E-state index contributed by atoms with van der Waals surface area (Å²) < 4.78 is 0. The van der Waals surface area contributed by atoms with E-state index in [4.69, 9.17) is 9.98 Å². The number of allylic oxidation sites excluding steroid dienone is 1. The Kier molecular flexibility index (Phi) is 8.08.